The van der Waals surface area contributed by atoms with E-state index in [9.17, 15) is 0 Å². The number of nitrogens with two attached hydrogens (primary N) is 1. The highest BCUT2D eigenvalue weighted by molar-refractivity contribution is 6.30. The summed E-state index contributed by atoms with van der Waals surface area (Å²) in [4.78, 5) is 2.16. The molecule has 3 rings (SSSR count). The van der Waals surface area contributed by atoms with Gasteiger partial charge in [0.1, 0.15) is 0 Å². The van der Waals surface area contributed by atoms with Crippen molar-refractivity contribution >= 4 is 34.5 Å². The van der Waals surface area contributed by atoms with Crippen molar-refractivity contribution in [3.8, 4) is 12.3 Å². The number of halogens is 1. The highest BCUT2D eigenvalue weighted by atomic mass is 35.5. The molecule has 0 saturated heterocycles. The van der Waals surface area contributed by atoms with Gasteiger partial charge < -0.3 is 10.6 Å². The molecule has 1 heterocycles. The normalized spacial score (nSPS) is 17.9. The molecule has 144 valence electrons. The van der Waals surface area contributed by atoms with Crippen LogP contribution in [0.3, 0.4) is 0 Å². The lowest BCUT2D eigenvalue weighted by atomic mass is 9.78. The minimum Gasteiger partial charge on any atom is -0.388 e. The second kappa shape index (κ2) is 8.01. The summed E-state index contributed by atoms with van der Waals surface area (Å²) in [7, 11) is 1.64. The summed E-state index contributed by atoms with van der Waals surface area (Å²) in [6.45, 7) is 3.07. The van der Waals surface area contributed by atoms with E-state index in [-0.39, 0.29) is 5.84 Å². The standard InChI is InChI=1S/C21H23ClN6/c1-4-10-26-21(2)16-12-14(22)5-7-18(16)28(11-9-20(23)24)19-8-6-15(27-25-3)13-17(19)21/h1,5-8,12-13,26H,9-11H2,2-3H3,(H3,23,24). The summed E-state index contributed by atoms with van der Waals surface area (Å²) < 4.78 is 0. The third-order valence-corrected chi connectivity index (χ3v) is 5.20. The zero-order valence-corrected chi connectivity index (χ0v) is 16.7. The van der Waals surface area contributed by atoms with Crippen LogP contribution in [-0.2, 0) is 5.54 Å². The molecule has 1 aliphatic rings. The third kappa shape index (κ3) is 3.59. The van der Waals surface area contributed by atoms with E-state index in [4.69, 9.17) is 29.2 Å². The molecule has 2 aromatic rings. The first-order valence-electron chi connectivity index (χ1n) is 8.94. The van der Waals surface area contributed by atoms with Crippen LogP contribution in [0.1, 0.15) is 24.5 Å². The van der Waals surface area contributed by atoms with Gasteiger partial charge >= 0.3 is 0 Å². The minimum absolute atomic E-state index is 0.146. The number of rotatable bonds is 6. The highest BCUT2D eigenvalue weighted by Gasteiger charge is 2.39. The Morgan fingerprint density at radius 1 is 1.29 bits per heavy atom. The molecule has 1 aliphatic heterocycles. The number of anilines is 2. The van der Waals surface area contributed by atoms with Crippen LogP contribution in [-0.4, -0.2) is 26.0 Å². The lowest BCUT2D eigenvalue weighted by Crippen LogP contribution is -2.46. The van der Waals surface area contributed by atoms with E-state index in [1.165, 1.54) is 0 Å². The molecule has 28 heavy (non-hydrogen) atoms. The number of nitrogens with one attached hydrogen (secondary N) is 2. The molecule has 0 spiro atoms. The molecular formula is C21H23ClN6. The molecule has 0 bridgehead atoms. The fraction of sp³-hybridized carbons (Fsp3) is 0.286. The van der Waals surface area contributed by atoms with Crippen LogP contribution in [0, 0.1) is 17.8 Å². The Bertz CT molecular complexity index is 977. The van der Waals surface area contributed by atoms with Crippen LogP contribution >= 0.6 is 11.6 Å². The van der Waals surface area contributed by atoms with E-state index in [0.717, 1.165) is 28.2 Å². The molecular weight excluding hydrogens is 372 g/mol. The number of amidine groups is 1. The molecule has 0 aliphatic carbocycles. The van der Waals surface area contributed by atoms with E-state index >= 15 is 0 Å². The van der Waals surface area contributed by atoms with Gasteiger partial charge in [0.15, 0.2) is 0 Å². The molecule has 1 atom stereocenters. The average molecular weight is 395 g/mol. The van der Waals surface area contributed by atoms with Gasteiger partial charge in [-0.05, 0) is 43.3 Å². The largest absolute Gasteiger partial charge is 0.388 e. The number of fused-ring (bicyclic) bond motifs is 2. The summed E-state index contributed by atoms with van der Waals surface area (Å²) in [6, 6.07) is 11.8. The van der Waals surface area contributed by atoms with Crippen LogP contribution in [0.2, 0.25) is 5.02 Å². The minimum atomic E-state index is -0.562. The Labute approximate surface area is 170 Å². The summed E-state index contributed by atoms with van der Waals surface area (Å²) in [6.07, 6.45) is 5.99. The second-order valence-corrected chi connectivity index (χ2v) is 7.21. The van der Waals surface area contributed by atoms with Crippen molar-refractivity contribution in [2.24, 2.45) is 16.0 Å². The summed E-state index contributed by atoms with van der Waals surface area (Å²) in [5, 5.41) is 19.9. The Balaban J connectivity index is 2.25. The molecule has 6 nitrogen and oxygen atoms in total. The predicted molar refractivity (Wildman–Crippen MR) is 115 cm³/mol. The zero-order valence-electron chi connectivity index (χ0n) is 16.0. The van der Waals surface area contributed by atoms with E-state index in [0.29, 0.717) is 24.5 Å². The number of terminal acetylenes is 1. The van der Waals surface area contributed by atoms with Gasteiger partial charge in [0.05, 0.1) is 23.6 Å². The number of benzene rings is 2. The number of nitrogens with zero attached hydrogens (tertiary/aromatic N) is 3. The molecule has 4 N–H and O–H groups in total. The summed E-state index contributed by atoms with van der Waals surface area (Å²) in [5.41, 5.74) is 9.88. The lowest BCUT2D eigenvalue weighted by molar-refractivity contribution is 0.461. The van der Waals surface area contributed by atoms with Crippen LogP contribution in [0.25, 0.3) is 0 Å². The van der Waals surface area contributed by atoms with Gasteiger partial charge in [0, 0.05) is 47.5 Å². The molecule has 0 fully saturated rings. The quantitative estimate of drug-likeness (QED) is 0.295. The maximum absolute atomic E-state index is 7.64. The zero-order chi connectivity index (χ0) is 20.3. The van der Waals surface area contributed by atoms with E-state index in [1.807, 2.05) is 36.4 Å². The van der Waals surface area contributed by atoms with Crippen molar-refractivity contribution in [3.05, 3.63) is 52.5 Å². The van der Waals surface area contributed by atoms with Gasteiger partial charge in [0.25, 0.3) is 0 Å². The van der Waals surface area contributed by atoms with Crippen LogP contribution in [0.15, 0.2) is 46.6 Å². The van der Waals surface area contributed by atoms with Crippen LogP contribution in [0.4, 0.5) is 17.1 Å². The Morgan fingerprint density at radius 2 is 1.96 bits per heavy atom. The fourth-order valence-electron chi connectivity index (χ4n) is 3.65. The van der Waals surface area contributed by atoms with E-state index in [1.54, 1.807) is 7.05 Å². The average Bonchev–Trinajstić information content (AvgIpc) is 2.67. The van der Waals surface area contributed by atoms with Crippen LogP contribution in [0.5, 0.6) is 0 Å². The van der Waals surface area contributed by atoms with Crippen molar-refractivity contribution < 1.29 is 0 Å². The first-order valence-corrected chi connectivity index (χ1v) is 9.32. The Hall–Kier alpha value is -2.88. The van der Waals surface area contributed by atoms with E-state index in [2.05, 4.69) is 33.3 Å². The first-order chi connectivity index (χ1) is 13.4. The van der Waals surface area contributed by atoms with Crippen molar-refractivity contribution in [2.45, 2.75) is 18.9 Å². The number of azo groups is 1. The Morgan fingerprint density at radius 3 is 2.61 bits per heavy atom. The second-order valence-electron chi connectivity index (χ2n) is 6.77. The van der Waals surface area contributed by atoms with Gasteiger partial charge in [-0.2, -0.15) is 10.2 Å². The monoisotopic (exact) mass is 394 g/mol. The van der Waals surface area contributed by atoms with Crippen LogP contribution < -0.4 is 16.0 Å². The summed E-state index contributed by atoms with van der Waals surface area (Å²) >= 11 is 6.35. The maximum Gasteiger partial charge on any atom is 0.0923 e. The lowest BCUT2D eigenvalue weighted by Gasteiger charge is -2.44. The van der Waals surface area contributed by atoms with Crippen molar-refractivity contribution in [1.82, 2.24) is 5.32 Å². The predicted octanol–water partition coefficient (Wildman–Crippen LogP) is 4.32. The van der Waals surface area contributed by atoms with Gasteiger partial charge in [-0.15, -0.1) is 6.42 Å². The summed E-state index contributed by atoms with van der Waals surface area (Å²) in [5.74, 6) is 2.81. The molecule has 1 unspecified atom stereocenters. The van der Waals surface area contributed by atoms with Gasteiger partial charge in [-0.3, -0.25) is 10.7 Å². The van der Waals surface area contributed by atoms with Gasteiger partial charge in [-0.25, -0.2) is 0 Å². The number of hydrogen-bond acceptors (Lipinski definition) is 5. The topological polar surface area (TPSA) is 89.9 Å². The maximum atomic E-state index is 7.64. The van der Waals surface area contributed by atoms with Gasteiger partial charge in [-0.1, -0.05) is 17.5 Å². The molecule has 0 radical (unpaired) electrons. The number of hydrogen-bond donors (Lipinski definition) is 3. The molecule has 2 aromatic carbocycles. The third-order valence-electron chi connectivity index (χ3n) is 4.96. The SMILES string of the molecule is C#CCNC1(C)c2cc(Cl)ccc2N(CCC(=N)N)c2ccc(N=NC)cc21. The highest BCUT2D eigenvalue weighted by Crippen LogP contribution is 2.49. The van der Waals surface area contributed by atoms with Gasteiger partial charge in [0.2, 0.25) is 0 Å². The van der Waals surface area contributed by atoms with Crippen molar-refractivity contribution in [3.63, 3.8) is 0 Å². The smallest absolute Gasteiger partial charge is 0.0923 e. The molecule has 7 heteroatoms. The molecule has 0 saturated carbocycles. The molecule has 0 aromatic heterocycles. The van der Waals surface area contributed by atoms with Crippen molar-refractivity contribution in [2.75, 3.05) is 25.0 Å². The fourth-order valence-corrected chi connectivity index (χ4v) is 3.82. The first kappa shape index (κ1) is 19.9. The van der Waals surface area contributed by atoms with E-state index < -0.39 is 5.54 Å². The Kier molecular flexibility index (Phi) is 5.68. The van der Waals surface area contributed by atoms with Crippen molar-refractivity contribution in [1.29, 1.82) is 5.41 Å². The molecule has 0 amide bonds.